The van der Waals surface area contributed by atoms with E-state index in [1.54, 1.807) is 18.2 Å². The second-order valence-corrected chi connectivity index (χ2v) is 8.54. The number of hydrogen-bond donors (Lipinski definition) is 3. The first-order chi connectivity index (χ1) is 14.7. The van der Waals surface area contributed by atoms with Crippen molar-refractivity contribution in [2.75, 3.05) is 0 Å². The van der Waals surface area contributed by atoms with Gasteiger partial charge in [0.25, 0.3) is 0 Å². The van der Waals surface area contributed by atoms with E-state index < -0.39 is 30.1 Å². The molecule has 0 heterocycles. The Bertz CT molecular complexity index is 889. The van der Waals surface area contributed by atoms with Gasteiger partial charge in [-0.3, -0.25) is 4.79 Å². The molecule has 2 aromatic carbocycles. The first-order valence-corrected chi connectivity index (χ1v) is 10.8. The lowest BCUT2D eigenvalue weighted by molar-refractivity contribution is -0.142. The van der Waals surface area contributed by atoms with Gasteiger partial charge in [0.05, 0.1) is 0 Å². The van der Waals surface area contributed by atoms with E-state index in [9.17, 15) is 19.5 Å². The smallest absolute Gasteiger partial charge is 0.408 e. The fraction of sp³-hybridized carbons (Fsp3) is 0.348. The molecule has 0 aliphatic rings. The Labute approximate surface area is 190 Å². The number of halogens is 1. The Hall–Kier alpha value is -2.87. The standard InChI is InChI=1S/C23H27BrN2O5/c1-15(2)11-19(26-23(30)31-14-16-7-4-3-5-8-16)21(27)25-20(22(28)29)13-17-9-6-10-18(24)12-17/h3-10,12,15,19-20H,11,13-14H2,1-2H3,(H,25,27)(H,26,30)(H,28,29)/t19-,20-/m0/s1. The monoisotopic (exact) mass is 490 g/mol. The molecule has 0 saturated heterocycles. The van der Waals surface area contributed by atoms with E-state index in [0.717, 1.165) is 15.6 Å². The molecule has 0 radical (unpaired) electrons. The van der Waals surface area contributed by atoms with Crippen molar-refractivity contribution < 1.29 is 24.2 Å². The lowest BCUT2D eigenvalue weighted by Crippen LogP contribution is -2.52. The largest absolute Gasteiger partial charge is 0.480 e. The summed E-state index contributed by atoms with van der Waals surface area (Å²) in [7, 11) is 0. The molecule has 2 atom stereocenters. The minimum absolute atomic E-state index is 0.0727. The average Bonchev–Trinajstić information content (AvgIpc) is 2.71. The highest BCUT2D eigenvalue weighted by Crippen LogP contribution is 2.14. The zero-order valence-electron chi connectivity index (χ0n) is 17.5. The predicted molar refractivity (Wildman–Crippen MR) is 120 cm³/mol. The number of alkyl carbamates (subject to hydrolysis) is 1. The molecular formula is C23H27BrN2O5. The van der Waals surface area contributed by atoms with Gasteiger partial charge in [-0.05, 0) is 35.6 Å². The van der Waals surface area contributed by atoms with Gasteiger partial charge in [-0.2, -0.15) is 0 Å². The van der Waals surface area contributed by atoms with Crippen molar-refractivity contribution in [1.82, 2.24) is 10.6 Å². The first-order valence-electron chi connectivity index (χ1n) is 9.99. The van der Waals surface area contributed by atoms with Gasteiger partial charge in [0.15, 0.2) is 0 Å². The van der Waals surface area contributed by atoms with Crippen molar-refractivity contribution in [3.8, 4) is 0 Å². The molecule has 2 amide bonds. The number of benzene rings is 2. The summed E-state index contributed by atoms with van der Waals surface area (Å²) in [5, 5.41) is 14.7. The number of nitrogens with one attached hydrogen (secondary N) is 2. The maximum atomic E-state index is 12.8. The molecule has 0 aliphatic carbocycles. The third-order valence-electron chi connectivity index (χ3n) is 4.47. The second-order valence-electron chi connectivity index (χ2n) is 7.62. The fourth-order valence-corrected chi connectivity index (χ4v) is 3.43. The number of hydrogen-bond acceptors (Lipinski definition) is 4. The van der Waals surface area contributed by atoms with Crippen LogP contribution in [0.5, 0.6) is 0 Å². The van der Waals surface area contributed by atoms with Gasteiger partial charge in [-0.15, -0.1) is 0 Å². The van der Waals surface area contributed by atoms with Gasteiger partial charge < -0.3 is 20.5 Å². The van der Waals surface area contributed by atoms with E-state index in [1.807, 2.05) is 50.2 Å². The molecular weight excluding hydrogens is 464 g/mol. The van der Waals surface area contributed by atoms with Gasteiger partial charge in [0.2, 0.25) is 5.91 Å². The Morgan fingerprint density at radius 2 is 1.65 bits per heavy atom. The summed E-state index contributed by atoms with van der Waals surface area (Å²) in [5.41, 5.74) is 1.58. The molecule has 0 unspecified atom stereocenters. The number of carboxylic acids is 1. The van der Waals surface area contributed by atoms with Crippen molar-refractivity contribution in [2.45, 2.75) is 45.4 Å². The van der Waals surface area contributed by atoms with Crippen molar-refractivity contribution in [1.29, 1.82) is 0 Å². The number of carbonyl (C=O) groups excluding carboxylic acids is 2. The maximum absolute atomic E-state index is 12.8. The Morgan fingerprint density at radius 3 is 2.26 bits per heavy atom. The summed E-state index contributed by atoms with van der Waals surface area (Å²) in [6.07, 6.45) is -0.272. The lowest BCUT2D eigenvalue weighted by Gasteiger charge is -2.22. The molecule has 0 fully saturated rings. The van der Waals surface area contributed by atoms with Crippen LogP contribution in [0.15, 0.2) is 59.1 Å². The fourth-order valence-electron chi connectivity index (χ4n) is 2.98. The Kier molecular flexibility index (Phi) is 9.52. The molecule has 7 nitrogen and oxygen atoms in total. The van der Waals surface area contributed by atoms with Gasteiger partial charge in [-0.1, -0.05) is 72.2 Å². The van der Waals surface area contributed by atoms with Gasteiger partial charge in [0, 0.05) is 10.9 Å². The van der Waals surface area contributed by atoms with E-state index in [1.165, 1.54) is 0 Å². The normalized spacial score (nSPS) is 12.6. The third-order valence-corrected chi connectivity index (χ3v) is 4.97. The third kappa shape index (κ3) is 8.80. The summed E-state index contributed by atoms with van der Waals surface area (Å²) in [4.78, 5) is 36.7. The molecule has 166 valence electrons. The number of carboxylic acid groups (broad SMARTS) is 1. The number of rotatable bonds is 10. The van der Waals surface area contributed by atoms with Crippen LogP contribution in [0.1, 0.15) is 31.4 Å². The minimum Gasteiger partial charge on any atom is -0.480 e. The quantitative estimate of drug-likeness (QED) is 0.468. The van der Waals surface area contributed by atoms with Gasteiger partial charge >= 0.3 is 12.1 Å². The van der Waals surface area contributed by atoms with Gasteiger partial charge in [-0.25, -0.2) is 9.59 Å². The van der Waals surface area contributed by atoms with Crippen LogP contribution in [-0.4, -0.2) is 35.2 Å². The highest BCUT2D eigenvalue weighted by molar-refractivity contribution is 9.10. The highest BCUT2D eigenvalue weighted by atomic mass is 79.9. The van der Waals surface area contributed by atoms with Crippen molar-refractivity contribution in [2.24, 2.45) is 5.92 Å². The van der Waals surface area contributed by atoms with Crippen LogP contribution in [0.2, 0.25) is 0 Å². The molecule has 0 aromatic heterocycles. The Morgan fingerprint density at radius 1 is 0.968 bits per heavy atom. The predicted octanol–water partition coefficient (Wildman–Crippen LogP) is 3.90. The van der Waals surface area contributed by atoms with Crippen LogP contribution in [0.3, 0.4) is 0 Å². The molecule has 8 heteroatoms. The van der Waals surface area contributed by atoms with Gasteiger partial charge in [0.1, 0.15) is 18.7 Å². The van der Waals surface area contributed by atoms with Crippen molar-refractivity contribution in [3.05, 3.63) is 70.2 Å². The van der Waals surface area contributed by atoms with E-state index in [4.69, 9.17) is 4.74 Å². The summed E-state index contributed by atoms with van der Waals surface area (Å²) < 4.78 is 6.02. The van der Waals surface area contributed by atoms with Crippen LogP contribution in [-0.2, 0) is 27.4 Å². The summed E-state index contributed by atoms with van der Waals surface area (Å²) in [6, 6.07) is 14.4. The van der Waals surface area contributed by atoms with Crippen LogP contribution in [0, 0.1) is 5.92 Å². The number of amides is 2. The molecule has 2 aromatic rings. The SMILES string of the molecule is CC(C)C[C@H](NC(=O)OCc1ccccc1)C(=O)N[C@@H](Cc1cccc(Br)c1)C(=O)O. The minimum atomic E-state index is -1.15. The van der Waals surface area contributed by atoms with Crippen LogP contribution in [0.4, 0.5) is 4.79 Å². The zero-order chi connectivity index (χ0) is 22.8. The molecule has 31 heavy (non-hydrogen) atoms. The summed E-state index contributed by atoms with van der Waals surface area (Å²) in [6.45, 7) is 3.89. The molecule has 3 N–H and O–H groups in total. The van der Waals surface area contributed by atoms with E-state index in [0.29, 0.717) is 6.42 Å². The summed E-state index contributed by atoms with van der Waals surface area (Å²) >= 11 is 3.35. The van der Waals surface area contributed by atoms with Crippen LogP contribution < -0.4 is 10.6 Å². The second kappa shape index (κ2) is 12.1. The molecule has 0 aliphatic heterocycles. The molecule has 2 rings (SSSR count). The van der Waals surface area contributed by atoms with Crippen molar-refractivity contribution >= 4 is 33.9 Å². The molecule has 0 bridgehead atoms. The highest BCUT2D eigenvalue weighted by Gasteiger charge is 2.27. The van der Waals surface area contributed by atoms with Crippen LogP contribution >= 0.6 is 15.9 Å². The summed E-state index contributed by atoms with van der Waals surface area (Å²) in [5.74, 6) is -1.62. The first kappa shape index (κ1) is 24.4. The molecule has 0 spiro atoms. The van der Waals surface area contributed by atoms with Crippen LogP contribution in [0.25, 0.3) is 0 Å². The maximum Gasteiger partial charge on any atom is 0.408 e. The zero-order valence-corrected chi connectivity index (χ0v) is 19.1. The number of ether oxygens (including phenoxy) is 1. The van der Waals surface area contributed by atoms with E-state index in [-0.39, 0.29) is 18.9 Å². The van der Waals surface area contributed by atoms with Crippen molar-refractivity contribution in [3.63, 3.8) is 0 Å². The van der Waals surface area contributed by atoms with E-state index in [2.05, 4.69) is 26.6 Å². The number of aliphatic carboxylic acids is 1. The topological polar surface area (TPSA) is 105 Å². The average molecular weight is 491 g/mol. The molecule has 0 saturated carbocycles. The lowest BCUT2D eigenvalue weighted by atomic mass is 10.0. The van der Waals surface area contributed by atoms with E-state index >= 15 is 0 Å². The number of carbonyl (C=O) groups is 3. The Balaban J connectivity index is 2.00.